The van der Waals surface area contributed by atoms with Crippen molar-refractivity contribution >= 4 is 5.91 Å². The third kappa shape index (κ3) is 7.29. The van der Waals surface area contributed by atoms with Crippen LogP contribution in [0.25, 0.3) is 0 Å². The SMILES string of the molecule is CNC(=O)CCOCCCO. The van der Waals surface area contributed by atoms with Crippen molar-refractivity contribution < 1.29 is 14.6 Å². The lowest BCUT2D eigenvalue weighted by molar-refractivity contribution is -0.121. The number of amides is 1. The highest BCUT2D eigenvalue weighted by Crippen LogP contribution is 1.84. The monoisotopic (exact) mass is 161 g/mol. The maximum absolute atomic E-state index is 10.6. The second kappa shape index (κ2) is 7.50. The summed E-state index contributed by atoms with van der Waals surface area (Å²) in [7, 11) is 1.59. The Balaban J connectivity index is 2.95. The minimum Gasteiger partial charge on any atom is -0.396 e. The van der Waals surface area contributed by atoms with E-state index in [0.29, 0.717) is 26.1 Å². The molecule has 0 saturated heterocycles. The zero-order valence-electron chi connectivity index (χ0n) is 6.80. The second-order valence-electron chi connectivity index (χ2n) is 2.11. The average Bonchev–Trinajstić information content (AvgIpc) is 2.04. The van der Waals surface area contributed by atoms with Crippen LogP contribution in [0.5, 0.6) is 0 Å². The molecule has 0 aromatic heterocycles. The number of carbonyl (C=O) groups excluding carboxylic acids is 1. The van der Waals surface area contributed by atoms with Gasteiger partial charge in [-0.1, -0.05) is 0 Å². The lowest BCUT2D eigenvalue weighted by atomic mass is 10.4. The van der Waals surface area contributed by atoms with Crippen molar-refractivity contribution in [1.29, 1.82) is 0 Å². The molecule has 0 spiro atoms. The first-order valence-electron chi connectivity index (χ1n) is 3.70. The van der Waals surface area contributed by atoms with Crippen LogP contribution in [0.4, 0.5) is 0 Å². The molecule has 0 aliphatic heterocycles. The number of aliphatic hydroxyl groups is 1. The third-order valence-electron chi connectivity index (χ3n) is 1.20. The molecule has 0 fully saturated rings. The van der Waals surface area contributed by atoms with E-state index in [-0.39, 0.29) is 12.5 Å². The Morgan fingerprint density at radius 2 is 2.27 bits per heavy atom. The average molecular weight is 161 g/mol. The van der Waals surface area contributed by atoms with E-state index in [1.807, 2.05) is 0 Å². The van der Waals surface area contributed by atoms with Crippen LogP contribution in [-0.4, -0.2) is 37.9 Å². The predicted octanol–water partition coefficient (Wildman–Crippen LogP) is -0.479. The quantitative estimate of drug-likeness (QED) is 0.517. The standard InChI is InChI=1S/C7H15NO3/c1-8-7(10)3-6-11-5-2-4-9/h9H,2-6H2,1H3,(H,8,10). The summed E-state index contributed by atoms with van der Waals surface area (Å²) >= 11 is 0. The fraction of sp³-hybridized carbons (Fsp3) is 0.857. The molecule has 0 bridgehead atoms. The van der Waals surface area contributed by atoms with Gasteiger partial charge >= 0.3 is 0 Å². The summed E-state index contributed by atoms with van der Waals surface area (Å²) in [5.41, 5.74) is 0. The largest absolute Gasteiger partial charge is 0.396 e. The molecular weight excluding hydrogens is 146 g/mol. The molecule has 0 aliphatic rings. The van der Waals surface area contributed by atoms with Gasteiger partial charge in [-0.3, -0.25) is 4.79 Å². The Morgan fingerprint density at radius 3 is 2.82 bits per heavy atom. The highest BCUT2D eigenvalue weighted by atomic mass is 16.5. The molecule has 0 aliphatic carbocycles. The summed E-state index contributed by atoms with van der Waals surface area (Å²) in [4.78, 5) is 10.6. The molecule has 4 heteroatoms. The second-order valence-corrected chi connectivity index (χ2v) is 2.11. The van der Waals surface area contributed by atoms with Gasteiger partial charge in [-0.15, -0.1) is 0 Å². The van der Waals surface area contributed by atoms with Crippen molar-refractivity contribution in [3.63, 3.8) is 0 Å². The number of carbonyl (C=O) groups is 1. The van der Waals surface area contributed by atoms with Crippen LogP contribution in [0, 0.1) is 0 Å². The summed E-state index contributed by atoms with van der Waals surface area (Å²) in [6, 6.07) is 0. The normalized spacial score (nSPS) is 9.64. The topological polar surface area (TPSA) is 58.6 Å². The minimum absolute atomic E-state index is 0.0194. The molecule has 2 N–H and O–H groups in total. The Morgan fingerprint density at radius 1 is 1.55 bits per heavy atom. The summed E-state index contributed by atoms with van der Waals surface area (Å²) in [5.74, 6) is -0.0194. The van der Waals surface area contributed by atoms with Crippen LogP contribution < -0.4 is 5.32 Å². The molecule has 0 saturated carbocycles. The molecule has 0 aromatic rings. The van der Waals surface area contributed by atoms with Crippen LogP contribution in [-0.2, 0) is 9.53 Å². The fourth-order valence-electron chi connectivity index (χ4n) is 0.559. The molecular formula is C7H15NO3. The van der Waals surface area contributed by atoms with E-state index in [2.05, 4.69) is 5.32 Å². The third-order valence-corrected chi connectivity index (χ3v) is 1.20. The van der Waals surface area contributed by atoms with E-state index in [1.165, 1.54) is 0 Å². The fourth-order valence-corrected chi connectivity index (χ4v) is 0.559. The molecule has 0 radical (unpaired) electrons. The van der Waals surface area contributed by atoms with Crippen molar-refractivity contribution in [2.24, 2.45) is 0 Å². The van der Waals surface area contributed by atoms with Gasteiger partial charge in [0.2, 0.25) is 5.91 Å². The van der Waals surface area contributed by atoms with E-state index in [4.69, 9.17) is 9.84 Å². The highest BCUT2D eigenvalue weighted by Gasteiger charge is 1.95. The first kappa shape index (κ1) is 10.4. The Hall–Kier alpha value is -0.610. The first-order chi connectivity index (χ1) is 5.31. The predicted molar refractivity (Wildman–Crippen MR) is 41.2 cm³/mol. The van der Waals surface area contributed by atoms with Gasteiger partial charge in [0.25, 0.3) is 0 Å². The molecule has 0 aromatic carbocycles. The van der Waals surface area contributed by atoms with Crippen molar-refractivity contribution in [2.75, 3.05) is 26.9 Å². The van der Waals surface area contributed by atoms with Gasteiger partial charge in [0.1, 0.15) is 0 Å². The van der Waals surface area contributed by atoms with E-state index in [1.54, 1.807) is 7.05 Å². The van der Waals surface area contributed by atoms with Crippen molar-refractivity contribution in [1.82, 2.24) is 5.32 Å². The van der Waals surface area contributed by atoms with Crippen LogP contribution in [0.15, 0.2) is 0 Å². The molecule has 11 heavy (non-hydrogen) atoms. The Bertz CT molecular complexity index is 106. The van der Waals surface area contributed by atoms with Gasteiger partial charge < -0.3 is 15.2 Å². The van der Waals surface area contributed by atoms with Crippen LogP contribution in [0.3, 0.4) is 0 Å². The molecule has 4 nitrogen and oxygen atoms in total. The zero-order valence-corrected chi connectivity index (χ0v) is 6.80. The van der Waals surface area contributed by atoms with Crippen LogP contribution in [0.1, 0.15) is 12.8 Å². The number of aliphatic hydroxyl groups excluding tert-OH is 1. The maximum atomic E-state index is 10.6. The Kier molecular flexibility index (Phi) is 7.08. The van der Waals surface area contributed by atoms with Gasteiger partial charge in [-0.25, -0.2) is 0 Å². The maximum Gasteiger partial charge on any atom is 0.222 e. The van der Waals surface area contributed by atoms with Crippen LogP contribution in [0.2, 0.25) is 0 Å². The molecule has 0 heterocycles. The van der Waals surface area contributed by atoms with Crippen molar-refractivity contribution in [2.45, 2.75) is 12.8 Å². The van der Waals surface area contributed by atoms with E-state index in [0.717, 1.165) is 0 Å². The molecule has 1 amide bonds. The lowest BCUT2D eigenvalue weighted by Gasteiger charge is -2.01. The van der Waals surface area contributed by atoms with Gasteiger partial charge in [0.15, 0.2) is 0 Å². The molecule has 66 valence electrons. The molecule has 0 atom stereocenters. The first-order valence-corrected chi connectivity index (χ1v) is 3.70. The van der Waals surface area contributed by atoms with Crippen molar-refractivity contribution in [3.8, 4) is 0 Å². The highest BCUT2D eigenvalue weighted by molar-refractivity contribution is 5.75. The number of hydrogen-bond acceptors (Lipinski definition) is 3. The van der Waals surface area contributed by atoms with Gasteiger partial charge in [0.05, 0.1) is 6.61 Å². The van der Waals surface area contributed by atoms with E-state index >= 15 is 0 Å². The number of ether oxygens (including phenoxy) is 1. The van der Waals surface area contributed by atoms with Gasteiger partial charge in [0, 0.05) is 26.7 Å². The lowest BCUT2D eigenvalue weighted by Crippen LogP contribution is -2.19. The number of rotatable bonds is 6. The minimum atomic E-state index is -0.0194. The molecule has 0 unspecified atom stereocenters. The summed E-state index contributed by atoms with van der Waals surface area (Å²) in [6.07, 6.45) is 1.02. The number of nitrogens with one attached hydrogen (secondary N) is 1. The van der Waals surface area contributed by atoms with Gasteiger partial charge in [-0.05, 0) is 6.42 Å². The molecule has 0 rings (SSSR count). The van der Waals surface area contributed by atoms with E-state index in [9.17, 15) is 4.79 Å². The van der Waals surface area contributed by atoms with Crippen molar-refractivity contribution in [3.05, 3.63) is 0 Å². The van der Waals surface area contributed by atoms with E-state index < -0.39 is 0 Å². The Labute approximate surface area is 66.5 Å². The summed E-state index contributed by atoms with van der Waals surface area (Å²) < 4.78 is 5.03. The smallest absolute Gasteiger partial charge is 0.222 e. The summed E-state index contributed by atoms with van der Waals surface area (Å²) in [5, 5.41) is 10.8. The number of hydrogen-bond donors (Lipinski definition) is 2. The zero-order chi connectivity index (χ0) is 8.53. The summed E-state index contributed by atoms with van der Waals surface area (Å²) in [6.45, 7) is 1.09. The van der Waals surface area contributed by atoms with Crippen LogP contribution >= 0.6 is 0 Å². The van der Waals surface area contributed by atoms with Gasteiger partial charge in [-0.2, -0.15) is 0 Å².